The van der Waals surface area contributed by atoms with E-state index in [1.165, 1.54) is 0 Å². The molecule has 5 aromatic rings. The number of H-pyrrole nitrogens is 1. The maximum atomic E-state index is 12.5. The van der Waals surface area contributed by atoms with Crippen molar-refractivity contribution in [2.75, 3.05) is 11.9 Å². The number of thiazole rings is 1. The number of imidazole rings is 1. The molecular weight excluding hydrogens is 404 g/mol. The summed E-state index contributed by atoms with van der Waals surface area (Å²) in [5.41, 5.74) is 2.60. The number of aromatic amines is 1. The average molecular weight is 421 g/mol. The highest BCUT2D eigenvalue weighted by Crippen LogP contribution is 2.38. The van der Waals surface area contributed by atoms with E-state index >= 15 is 0 Å². The fourth-order valence-electron chi connectivity index (χ4n) is 3.21. The number of hydrogen-bond acceptors (Lipinski definition) is 6. The molecule has 2 aromatic carbocycles. The van der Waals surface area contributed by atoms with Gasteiger partial charge in [-0.25, -0.2) is 9.97 Å². The Kier molecular flexibility index (Phi) is 4.49. The number of hydrogen-bond donors (Lipinski definition) is 2. The first-order valence-corrected chi connectivity index (χ1v) is 10.7. The van der Waals surface area contributed by atoms with Gasteiger partial charge in [-0.3, -0.25) is 4.79 Å². The monoisotopic (exact) mass is 420 g/mol. The molecule has 0 fully saturated rings. The summed E-state index contributed by atoms with van der Waals surface area (Å²) in [6, 6.07) is 11.5. The van der Waals surface area contributed by atoms with Gasteiger partial charge < -0.3 is 15.0 Å². The van der Waals surface area contributed by atoms with Gasteiger partial charge in [-0.05, 0) is 30.5 Å². The van der Waals surface area contributed by atoms with Crippen LogP contribution in [0.4, 0.5) is 5.69 Å². The number of carbonyl (C=O) groups excluding carboxylic acids is 1. The van der Waals surface area contributed by atoms with E-state index in [1.807, 2.05) is 48.7 Å². The van der Waals surface area contributed by atoms with E-state index in [1.54, 1.807) is 35.1 Å². The van der Waals surface area contributed by atoms with Gasteiger partial charge in [-0.1, -0.05) is 12.1 Å². The van der Waals surface area contributed by atoms with Crippen LogP contribution in [0.15, 0.2) is 54.2 Å². The number of aromatic nitrogens is 3. The van der Waals surface area contributed by atoms with E-state index in [0.717, 1.165) is 36.7 Å². The van der Waals surface area contributed by atoms with Crippen LogP contribution in [-0.2, 0) is 4.79 Å². The summed E-state index contributed by atoms with van der Waals surface area (Å²) in [6.45, 7) is 1.92. The topological polar surface area (TPSA) is 79.9 Å². The summed E-state index contributed by atoms with van der Waals surface area (Å²) in [5.74, 6) is 1.24. The van der Waals surface area contributed by atoms with Crippen molar-refractivity contribution in [2.45, 2.75) is 6.92 Å². The molecule has 8 heteroatoms. The molecule has 2 N–H and O–H groups in total. The molecule has 0 saturated carbocycles. The van der Waals surface area contributed by atoms with Gasteiger partial charge in [0.1, 0.15) is 11.6 Å². The number of thiophene rings is 1. The molecule has 29 heavy (non-hydrogen) atoms. The molecule has 0 radical (unpaired) electrons. The number of benzene rings is 2. The Bertz CT molecular complexity index is 1320. The van der Waals surface area contributed by atoms with Gasteiger partial charge in [0, 0.05) is 35.1 Å². The second-order valence-corrected chi connectivity index (χ2v) is 8.62. The van der Waals surface area contributed by atoms with Gasteiger partial charge in [-0.15, -0.1) is 22.7 Å². The van der Waals surface area contributed by atoms with Crippen LogP contribution in [0.3, 0.4) is 0 Å². The first-order valence-electron chi connectivity index (χ1n) is 8.97. The van der Waals surface area contributed by atoms with Gasteiger partial charge in [-0.2, -0.15) is 0 Å². The highest BCUT2D eigenvalue weighted by atomic mass is 32.1. The molecule has 3 heterocycles. The Morgan fingerprint density at radius 1 is 1.28 bits per heavy atom. The Labute approximate surface area is 174 Å². The number of aryl methyl sites for hydroxylation is 1. The van der Waals surface area contributed by atoms with Gasteiger partial charge in [0.25, 0.3) is 5.91 Å². The molecule has 0 atom stereocenters. The van der Waals surface area contributed by atoms with Crippen molar-refractivity contribution < 1.29 is 9.53 Å². The average Bonchev–Trinajstić information content (AvgIpc) is 3.45. The maximum Gasteiger partial charge on any atom is 0.262 e. The van der Waals surface area contributed by atoms with Crippen molar-refractivity contribution in [3.63, 3.8) is 0 Å². The molecule has 0 aliphatic heterocycles. The lowest BCUT2D eigenvalue weighted by Crippen LogP contribution is -2.20. The first kappa shape index (κ1) is 17.8. The van der Waals surface area contributed by atoms with Crippen molar-refractivity contribution in [1.82, 2.24) is 15.0 Å². The Morgan fingerprint density at radius 3 is 3.07 bits per heavy atom. The SMILES string of the molecule is Cc1nc2c(cc(OCC(=O)Nc3cccc(-c4ncc[nH]4)c3)c3ccsc32)s1. The molecule has 0 aliphatic rings. The number of anilines is 1. The number of ether oxygens (including phenoxy) is 1. The van der Waals surface area contributed by atoms with Crippen molar-refractivity contribution in [3.05, 3.63) is 59.2 Å². The van der Waals surface area contributed by atoms with Crippen LogP contribution >= 0.6 is 22.7 Å². The molecule has 0 unspecified atom stereocenters. The van der Waals surface area contributed by atoms with Gasteiger partial charge in [0.05, 0.1) is 19.9 Å². The van der Waals surface area contributed by atoms with E-state index in [0.29, 0.717) is 11.4 Å². The molecule has 1 amide bonds. The molecule has 0 saturated heterocycles. The van der Waals surface area contributed by atoms with Crippen LogP contribution in [-0.4, -0.2) is 27.5 Å². The highest BCUT2D eigenvalue weighted by molar-refractivity contribution is 7.21. The Hall–Kier alpha value is -3.23. The third-order valence-corrected chi connectivity index (χ3v) is 6.28. The lowest BCUT2D eigenvalue weighted by Gasteiger charge is -2.09. The molecule has 0 bridgehead atoms. The van der Waals surface area contributed by atoms with Crippen molar-refractivity contribution >= 4 is 54.6 Å². The second-order valence-electron chi connectivity index (χ2n) is 6.47. The standard InChI is InChI=1S/C21H16N4O2S2/c1-12-24-19-17(29-12)10-16(15-5-8-28-20(15)19)27-11-18(26)25-14-4-2-3-13(9-14)21-22-6-7-23-21/h2-10H,11H2,1H3,(H,22,23)(H,25,26). The van der Waals surface area contributed by atoms with E-state index < -0.39 is 0 Å². The van der Waals surface area contributed by atoms with E-state index in [9.17, 15) is 4.79 Å². The summed E-state index contributed by atoms with van der Waals surface area (Å²) in [4.78, 5) is 24.4. The normalized spacial score (nSPS) is 11.2. The van der Waals surface area contributed by atoms with E-state index in [2.05, 4.69) is 20.3 Å². The fourth-order valence-corrected chi connectivity index (χ4v) is 5.05. The van der Waals surface area contributed by atoms with Crippen molar-refractivity contribution in [3.8, 4) is 17.1 Å². The lowest BCUT2D eigenvalue weighted by molar-refractivity contribution is -0.118. The molecule has 0 aliphatic carbocycles. The molecule has 6 nitrogen and oxygen atoms in total. The van der Waals surface area contributed by atoms with Crippen LogP contribution in [0.25, 0.3) is 31.7 Å². The quantitative estimate of drug-likeness (QED) is 0.408. The van der Waals surface area contributed by atoms with Gasteiger partial charge in [0.15, 0.2) is 6.61 Å². The van der Waals surface area contributed by atoms with Crippen LogP contribution in [0.5, 0.6) is 5.75 Å². The number of fused-ring (bicyclic) bond motifs is 3. The van der Waals surface area contributed by atoms with Crippen molar-refractivity contribution in [2.24, 2.45) is 0 Å². The van der Waals surface area contributed by atoms with Crippen LogP contribution in [0, 0.1) is 6.92 Å². The second kappa shape index (κ2) is 7.31. The number of nitrogens with zero attached hydrogens (tertiary/aromatic N) is 2. The summed E-state index contributed by atoms with van der Waals surface area (Å²) in [6.07, 6.45) is 3.46. The highest BCUT2D eigenvalue weighted by Gasteiger charge is 2.14. The fraction of sp³-hybridized carbons (Fsp3) is 0.0952. The van der Waals surface area contributed by atoms with Gasteiger partial charge >= 0.3 is 0 Å². The Morgan fingerprint density at radius 2 is 2.21 bits per heavy atom. The van der Waals surface area contributed by atoms with Crippen LogP contribution < -0.4 is 10.1 Å². The summed E-state index contributed by atoms with van der Waals surface area (Å²) in [7, 11) is 0. The van der Waals surface area contributed by atoms with Gasteiger partial charge in [0.2, 0.25) is 0 Å². The third-order valence-electron chi connectivity index (χ3n) is 4.45. The zero-order valence-corrected chi connectivity index (χ0v) is 17.1. The number of amides is 1. The minimum Gasteiger partial charge on any atom is -0.483 e. The summed E-state index contributed by atoms with van der Waals surface area (Å²) < 4.78 is 8.05. The summed E-state index contributed by atoms with van der Waals surface area (Å²) >= 11 is 3.26. The third kappa shape index (κ3) is 3.48. The molecule has 144 valence electrons. The predicted molar refractivity (Wildman–Crippen MR) is 118 cm³/mol. The van der Waals surface area contributed by atoms with Crippen molar-refractivity contribution in [1.29, 1.82) is 0 Å². The zero-order chi connectivity index (χ0) is 19.8. The number of rotatable bonds is 5. The summed E-state index contributed by atoms with van der Waals surface area (Å²) in [5, 5.41) is 6.91. The number of nitrogens with one attached hydrogen (secondary N) is 2. The minimum absolute atomic E-state index is 0.0702. The number of carbonyl (C=O) groups is 1. The minimum atomic E-state index is -0.217. The molecule has 0 spiro atoms. The molecule has 5 rings (SSSR count). The van der Waals surface area contributed by atoms with Crippen LogP contribution in [0.2, 0.25) is 0 Å². The predicted octanol–water partition coefficient (Wildman–Crippen LogP) is 5.23. The van der Waals surface area contributed by atoms with Crippen LogP contribution in [0.1, 0.15) is 5.01 Å². The zero-order valence-electron chi connectivity index (χ0n) is 15.4. The lowest BCUT2D eigenvalue weighted by atomic mass is 10.2. The first-order chi connectivity index (χ1) is 14.2. The van der Waals surface area contributed by atoms with E-state index in [-0.39, 0.29) is 12.5 Å². The maximum absolute atomic E-state index is 12.5. The smallest absolute Gasteiger partial charge is 0.262 e. The molecular formula is C21H16N4O2S2. The largest absolute Gasteiger partial charge is 0.483 e. The Balaban J connectivity index is 1.33. The molecule has 3 aromatic heterocycles. The van der Waals surface area contributed by atoms with E-state index in [4.69, 9.17) is 4.74 Å².